The van der Waals surface area contributed by atoms with Crippen molar-refractivity contribution in [3.05, 3.63) is 60.7 Å². The van der Waals surface area contributed by atoms with Gasteiger partial charge in [0.1, 0.15) is 0 Å². The molecule has 18 heavy (non-hydrogen) atoms. The summed E-state index contributed by atoms with van der Waals surface area (Å²) in [7, 11) is 0. The third-order valence-electron chi connectivity index (χ3n) is 3.14. The molecule has 0 saturated heterocycles. The van der Waals surface area contributed by atoms with Crippen LogP contribution in [0, 0.1) is 0 Å². The van der Waals surface area contributed by atoms with Crippen LogP contribution >= 0.6 is 0 Å². The van der Waals surface area contributed by atoms with E-state index >= 15 is 0 Å². The number of pyridine rings is 1. The average Bonchev–Trinajstić information content (AvgIpc) is 2.86. The predicted octanol–water partition coefficient (Wildman–Crippen LogP) is 3.02. The first-order valence-electron chi connectivity index (χ1n) is 6.03. The van der Waals surface area contributed by atoms with Gasteiger partial charge in [-0.05, 0) is 18.6 Å². The SMILES string of the molecule is CC(N)c1c(-c2ccccc2)ccc2cncn12. The monoisotopic (exact) mass is 237 g/mol. The Kier molecular flexibility index (Phi) is 2.61. The number of fused-ring (bicyclic) bond motifs is 1. The van der Waals surface area contributed by atoms with Gasteiger partial charge in [0.15, 0.2) is 0 Å². The highest BCUT2D eigenvalue weighted by atomic mass is 15.0. The Bertz CT molecular complexity index is 669. The van der Waals surface area contributed by atoms with E-state index in [2.05, 4.69) is 33.7 Å². The van der Waals surface area contributed by atoms with Crippen molar-refractivity contribution in [1.82, 2.24) is 9.38 Å². The zero-order chi connectivity index (χ0) is 12.5. The smallest absolute Gasteiger partial charge is 0.0995 e. The summed E-state index contributed by atoms with van der Waals surface area (Å²) < 4.78 is 2.06. The highest BCUT2D eigenvalue weighted by molar-refractivity contribution is 5.69. The second kappa shape index (κ2) is 4.27. The molecule has 2 aromatic heterocycles. The van der Waals surface area contributed by atoms with Gasteiger partial charge in [0.25, 0.3) is 0 Å². The van der Waals surface area contributed by atoms with Crippen LogP contribution in [0.2, 0.25) is 0 Å². The van der Waals surface area contributed by atoms with Gasteiger partial charge in [-0.1, -0.05) is 36.4 Å². The molecule has 0 fully saturated rings. The van der Waals surface area contributed by atoms with Gasteiger partial charge in [0.05, 0.1) is 18.0 Å². The lowest BCUT2D eigenvalue weighted by molar-refractivity contribution is 0.765. The lowest BCUT2D eigenvalue weighted by Gasteiger charge is -2.15. The molecule has 0 radical (unpaired) electrons. The molecule has 0 saturated carbocycles. The Morgan fingerprint density at radius 1 is 1.11 bits per heavy atom. The molecule has 1 atom stereocenters. The summed E-state index contributed by atoms with van der Waals surface area (Å²) in [5, 5.41) is 0. The fourth-order valence-corrected chi connectivity index (χ4v) is 2.34. The van der Waals surface area contributed by atoms with Gasteiger partial charge in [-0.25, -0.2) is 4.98 Å². The number of nitrogens with two attached hydrogens (primary N) is 1. The number of aromatic nitrogens is 2. The second-order valence-corrected chi connectivity index (χ2v) is 4.48. The molecule has 0 spiro atoms. The number of benzene rings is 1. The normalized spacial score (nSPS) is 12.8. The summed E-state index contributed by atoms with van der Waals surface area (Å²) in [5.41, 5.74) is 10.6. The minimum atomic E-state index is -0.0434. The molecule has 2 heterocycles. The van der Waals surface area contributed by atoms with Gasteiger partial charge in [-0.15, -0.1) is 0 Å². The maximum Gasteiger partial charge on any atom is 0.0995 e. The molecular formula is C15H15N3. The van der Waals surface area contributed by atoms with Gasteiger partial charge in [-0.2, -0.15) is 0 Å². The predicted molar refractivity (Wildman–Crippen MR) is 73.2 cm³/mol. The van der Waals surface area contributed by atoms with E-state index in [0.717, 1.165) is 16.8 Å². The summed E-state index contributed by atoms with van der Waals surface area (Å²) in [4.78, 5) is 4.19. The molecule has 0 aliphatic rings. The molecule has 1 unspecified atom stereocenters. The zero-order valence-electron chi connectivity index (χ0n) is 10.2. The van der Waals surface area contributed by atoms with Crippen molar-refractivity contribution < 1.29 is 0 Å². The number of hydrogen-bond donors (Lipinski definition) is 1. The summed E-state index contributed by atoms with van der Waals surface area (Å²) in [5.74, 6) is 0. The van der Waals surface area contributed by atoms with E-state index in [0.29, 0.717) is 0 Å². The lowest BCUT2D eigenvalue weighted by Crippen LogP contribution is -2.11. The topological polar surface area (TPSA) is 43.3 Å². The Labute approximate surface area is 106 Å². The summed E-state index contributed by atoms with van der Waals surface area (Å²) >= 11 is 0. The number of rotatable bonds is 2. The molecule has 0 aliphatic carbocycles. The minimum absolute atomic E-state index is 0.0434. The van der Waals surface area contributed by atoms with Crippen molar-refractivity contribution in [1.29, 1.82) is 0 Å². The highest BCUT2D eigenvalue weighted by Crippen LogP contribution is 2.28. The van der Waals surface area contributed by atoms with Crippen LogP contribution in [0.3, 0.4) is 0 Å². The fraction of sp³-hybridized carbons (Fsp3) is 0.133. The molecule has 3 heteroatoms. The van der Waals surface area contributed by atoms with E-state index < -0.39 is 0 Å². The molecule has 0 bridgehead atoms. The standard InChI is InChI=1S/C15H15N3/c1-11(16)15-14(12-5-3-2-4-6-12)8-7-13-9-17-10-18(13)15/h2-11H,16H2,1H3. The first-order valence-corrected chi connectivity index (χ1v) is 6.03. The third-order valence-corrected chi connectivity index (χ3v) is 3.14. The highest BCUT2D eigenvalue weighted by Gasteiger charge is 2.12. The van der Waals surface area contributed by atoms with Crippen molar-refractivity contribution in [3.63, 3.8) is 0 Å². The fourth-order valence-electron chi connectivity index (χ4n) is 2.34. The Balaban J connectivity index is 2.32. The molecule has 3 aromatic rings. The molecule has 3 nitrogen and oxygen atoms in total. The summed E-state index contributed by atoms with van der Waals surface area (Å²) in [6.07, 6.45) is 3.67. The molecule has 2 N–H and O–H groups in total. The van der Waals surface area contributed by atoms with E-state index in [1.165, 1.54) is 5.56 Å². The van der Waals surface area contributed by atoms with Crippen LogP contribution in [0.5, 0.6) is 0 Å². The minimum Gasteiger partial charge on any atom is -0.323 e. The van der Waals surface area contributed by atoms with E-state index in [-0.39, 0.29) is 6.04 Å². The van der Waals surface area contributed by atoms with Crippen LogP contribution < -0.4 is 5.73 Å². The van der Waals surface area contributed by atoms with Crippen molar-refractivity contribution in [2.45, 2.75) is 13.0 Å². The average molecular weight is 237 g/mol. The van der Waals surface area contributed by atoms with Crippen molar-refractivity contribution in [3.8, 4) is 11.1 Å². The van der Waals surface area contributed by atoms with Crippen LogP contribution in [-0.4, -0.2) is 9.38 Å². The Morgan fingerprint density at radius 3 is 2.61 bits per heavy atom. The van der Waals surface area contributed by atoms with Gasteiger partial charge in [-0.3, -0.25) is 0 Å². The first-order chi connectivity index (χ1) is 8.77. The van der Waals surface area contributed by atoms with Gasteiger partial charge in [0.2, 0.25) is 0 Å². The quantitative estimate of drug-likeness (QED) is 0.744. The van der Waals surface area contributed by atoms with Crippen molar-refractivity contribution in [2.75, 3.05) is 0 Å². The van der Waals surface area contributed by atoms with Crippen LogP contribution in [0.15, 0.2) is 55.0 Å². The Hall–Kier alpha value is -2.13. The maximum atomic E-state index is 6.13. The third kappa shape index (κ3) is 1.69. The molecule has 0 amide bonds. The van der Waals surface area contributed by atoms with Gasteiger partial charge >= 0.3 is 0 Å². The van der Waals surface area contributed by atoms with Gasteiger partial charge < -0.3 is 10.1 Å². The van der Waals surface area contributed by atoms with E-state index in [4.69, 9.17) is 5.73 Å². The largest absolute Gasteiger partial charge is 0.323 e. The Morgan fingerprint density at radius 2 is 1.89 bits per heavy atom. The van der Waals surface area contributed by atoms with Crippen LogP contribution in [0.1, 0.15) is 18.7 Å². The van der Waals surface area contributed by atoms with Crippen LogP contribution in [0.25, 0.3) is 16.6 Å². The lowest BCUT2D eigenvalue weighted by atomic mass is 10.0. The van der Waals surface area contributed by atoms with E-state index in [1.807, 2.05) is 37.6 Å². The molecule has 0 aliphatic heterocycles. The van der Waals surface area contributed by atoms with E-state index in [1.54, 1.807) is 0 Å². The number of nitrogens with zero attached hydrogens (tertiary/aromatic N) is 2. The van der Waals surface area contributed by atoms with Gasteiger partial charge in [0, 0.05) is 17.3 Å². The van der Waals surface area contributed by atoms with Crippen molar-refractivity contribution in [2.24, 2.45) is 5.73 Å². The van der Waals surface area contributed by atoms with Crippen LogP contribution in [0.4, 0.5) is 0 Å². The second-order valence-electron chi connectivity index (χ2n) is 4.48. The number of imidazole rings is 1. The van der Waals surface area contributed by atoms with Crippen molar-refractivity contribution >= 4 is 5.52 Å². The first kappa shape index (κ1) is 11.0. The zero-order valence-corrected chi connectivity index (χ0v) is 10.2. The molecule has 1 aromatic carbocycles. The number of hydrogen-bond acceptors (Lipinski definition) is 2. The molecule has 3 rings (SSSR count). The molecule has 90 valence electrons. The summed E-state index contributed by atoms with van der Waals surface area (Å²) in [6, 6.07) is 14.4. The summed E-state index contributed by atoms with van der Waals surface area (Å²) in [6.45, 7) is 2.00. The van der Waals surface area contributed by atoms with Crippen LogP contribution in [-0.2, 0) is 0 Å². The molecular weight excluding hydrogens is 222 g/mol. The van der Waals surface area contributed by atoms with E-state index in [9.17, 15) is 0 Å². The maximum absolute atomic E-state index is 6.13.